The summed E-state index contributed by atoms with van der Waals surface area (Å²) in [7, 11) is 1.51. The average molecular weight is 435 g/mol. The van der Waals surface area contributed by atoms with Gasteiger partial charge in [-0.1, -0.05) is 24.3 Å². The lowest BCUT2D eigenvalue weighted by Crippen LogP contribution is -2.34. The number of thiocarbonyl (C=S) groups is 1. The molecule has 0 aliphatic heterocycles. The molecule has 0 fully saturated rings. The summed E-state index contributed by atoms with van der Waals surface area (Å²) in [6.07, 6.45) is 0. The third-order valence-electron chi connectivity index (χ3n) is 4.64. The summed E-state index contributed by atoms with van der Waals surface area (Å²) < 4.78 is 25.0. The zero-order valence-corrected chi connectivity index (χ0v) is 17.5. The number of halogens is 1. The van der Waals surface area contributed by atoms with Crippen LogP contribution in [0.5, 0.6) is 5.75 Å². The predicted molar refractivity (Wildman–Crippen MR) is 121 cm³/mol. The van der Waals surface area contributed by atoms with E-state index in [2.05, 4.69) is 15.6 Å². The van der Waals surface area contributed by atoms with Gasteiger partial charge in [-0.25, -0.2) is 9.37 Å². The molecule has 1 heterocycles. The van der Waals surface area contributed by atoms with E-state index in [0.717, 1.165) is 5.56 Å². The topological polar surface area (TPSA) is 76.4 Å². The summed E-state index contributed by atoms with van der Waals surface area (Å²) in [6, 6.07) is 16.7. The molecule has 2 N–H and O–H groups in total. The SMILES string of the molecule is COc1c(C)cccc1C(=O)NC(=S)Nc1ccc2oc(-c3ccccc3F)nc2c1. The van der Waals surface area contributed by atoms with Gasteiger partial charge in [0.05, 0.1) is 18.2 Å². The molecule has 4 rings (SSSR count). The van der Waals surface area contributed by atoms with E-state index in [9.17, 15) is 9.18 Å². The Morgan fingerprint density at radius 1 is 1.13 bits per heavy atom. The number of carbonyl (C=O) groups is 1. The number of nitrogens with one attached hydrogen (secondary N) is 2. The number of anilines is 1. The molecular weight excluding hydrogens is 417 g/mol. The van der Waals surface area contributed by atoms with Crippen molar-refractivity contribution in [1.82, 2.24) is 10.3 Å². The number of oxazole rings is 1. The first-order chi connectivity index (χ1) is 15.0. The molecule has 6 nitrogen and oxygen atoms in total. The van der Waals surface area contributed by atoms with Crippen molar-refractivity contribution in [3.8, 4) is 17.2 Å². The molecular formula is C23H18FN3O3S. The van der Waals surface area contributed by atoms with Gasteiger partial charge in [-0.3, -0.25) is 10.1 Å². The minimum absolute atomic E-state index is 0.116. The lowest BCUT2D eigenvalue weighted by molar-refractivity contribution is 0.0974. The van der Waals surface area contributed by atoms with Gasteiger partial charge in [-0.05, 0) is 61.1 Å². The molecule has 0 spiro atoms. The summed E-state index contributed by atoms with van der Waals surface area (Å²) in [5, 5.41) is 5.71. The van der Waals surface area contributed by atoms with Gasteiger partial charge in [0.2, 0.25) is 5.89 Å². The second kappa shape index (κ2) is 8.53. The maximum atomic E-state index is 14.0. The minimum atomic E-state index is -0.414. The van der Waals surface area contributed by atoms with Gasteiger partial charge in [0.25, 0.3) is 5.91 Å². The van der Waals surface area contributed by atoms with Crippen LogP contribution in [0, 0.1) is 12.7 Å². The van der Waals surface area contributed by atoms with Crippen molar-refractivity contribution in [2.45, 2.75) is 6.92 Å². The number of carbonyl (C=O) groups excluding carboxylic acids is 1. The number of amides is 1. The molecule has 0 saturated heterocycles. The Labute approximate surface area is 183 Å². The zero-order valence-electron chi connectivity index (χ0n) is 16.7. The standard InChI is InChI=1S/C23H18FN3O3S/c1-13-6-5-8-16(20(13)29-2)21(28)27-23(31)25-14-10-11-19-18(12-14)26-22(30-19)15-7-3-4-9-17(15)24/h3-12H,1-2H3,(H2,25,27,28,31). The number of benzene rings is 3. The molecule has 31 heavy (non-hydrogen) atoms. The van der Waals surface area contributed by atoms with E-state index < -0.39 is 5.82 Å². The quantitative estimate of drug-likeness (QED) is 0.436. The van der Waals surface area contributed by atoms with Crippen molar-refractivity contribution in [1.29, 1.82) is 0 Å². The third kappa shape index (κ3) is 4.24. The summed E-state index contributed by atoms with van der Waals surface area (Å²) >= 11 is 5.27. The maximum Gasteiger partial charge on any atom is 0.261 e. The monoisotopic (exact) mass is 435 g/mol. The third-order valence-corrected chi connectivity index (χ3v) is 4.84. The Kier molecular flexibility index (Phi) is 5.64. The first kappa shape index (κ1) is 20.5. The molecule has 0 radical (unpaired) electrons. The summed E-state index contributed by atoms with van der Waals surface area (Å²) in [5.41, 5.74) is 3.13. The van der Waals surface area contributed by atoms with Crippen LogP contribution in [0.4, 0.5) is 10.1 Å². The highest BCUT2D eigenvalue weighted by atomic mass is 32.1. The normalized spacial score (nSPS) is 10.7. The Bertz CT molecular complexity index is 1300. The number of hydrogen-bond donors (Lipinski definition) is 2. The summed E-state index contributed by atoms with van der Waals surface area (Å²) in [6.45, 7) is 1.86. The molecule has 3 aromatic carbocycles. The number of aromatic nitrogens is 1. The highest BCUT2D eigenvalue weighted by molar-refractivity contribution is 7.80. The van der Waals surface area contributed by atoms with E-state index in [1.54, 1.807) is 48.5 Å². The molecule has 4 aromatic rings. The van der Waals surface area contributed by atoms with E-state index in [-0.39, 0.29) is 22.5 Å². The van der Waals surface area contributed by atoms with Crippen molar-refractivity contribution in [3.05, 3.63) is 77.6 Å². The highest BCUT2D eigenvalue weighted by Gasteiger charge is 2.16. The van der Waals surface area contributed by atoms with Crippen molar-refractivity contribution in [2.24, 2.45) is 0 Å². The lowest BCUT2D eigenvalue weighted by Gasteiger charge is -2.13. The van der Waals surface area contributed by atoms with Crippen molar-refractivity contribution < 1.29 is 18.3 Å². The number of fused-ring (bicyclic) bond motifs is 1. The van der Waals surface area contributed by atoms with Crippen LogP contribution in [-0.4, -0.2) is 23.1 Å². The van der Waals surface area contributed by atoms with Crippen molar-refractivity contribution in [2.75, 3.05) is 12.4 Å². The number of nitrogens with zero attached hydrogens (tertiary/aromatic N) is 1. The number of hydrogen-bond acceptors (Lipinski definition) is 5. The Morgan fingerprint density at radius 2 is 1.94 bits per heavy atom. The molecule has 1 amide bonds. The molecule has 0 atom stereocenters. The molecule has 0 aliphatic rings. The highest BCUT2D eigenvalue weighted by Crippen LogP contribution is 2.28. The Balaban J connectivity index is 1.51. The van der Waals surface area contributed by atoms with Gasteiger partial charge >= 0.3 is 0 Å². The summed E-state index contributed by atoms with van der Waals surface area (Å²) in [5.74, 6) is -0.120. The van der Waals surface area contributed by atoms with Crippen LogP contribution >= 0.6 is 12.2 Å². The molecule has 156 valence electrons. The van der Waals surface area contributed by atoms with Gasteiger partial charge in [0.15, 0.2) is 10.7 Å². The number of para-hydroxylation sites is 1. The Morgan fingerprint density at radius 3 is 2.71 bits per heavy atom. The molecule has 0 aliphatic carbocycles. The van der Waals surface area contributed by atoms with Crippen molar-refractivity contribution >= 4 is 40.0 Å². The van der Waals surface area contributed by atoms with E-state index >= 15 is 0 Å². The maximum absolute atomic E-state index is 14.0. The van der Waals surface area contributed by atoms with Crippen LogP contribution in [0.1, 0.15) is 15.9 Å². The first-order valence-corrected chi connectivity index (χ1v) is 9.78. The molecule has 0 bridgehead atoms. The van der Waals surface area contributed by atoms with Crippen LogP contribution in [0.3, 0.4) is 0 Å². The fourth-order valence-corrected chi connectivity index (χ4v) is 3.40. The molecule has 8 heteroatoms. The first-order valence-electron chi connectivity index (χ1n) is 9.37. The van der Waals surface area contributed by atoms with E-state index in [0.29, 0.717) is 28.1 Å². The smallest absolute Gasteiger partial charge is 0.261 e. The van der Waals surface area contributed by atoms with Gasteiger partial charge in [-0.2, -0.15) is 0 Å². The number of methoxy groups -OCH3 is 1. The second-order valence-electron chi connectivity index (χ2n) is 6.75. The van der Waals surface area contributed by atoms with E-state index in [1.165, 1.54) is 13.2 Å². The van der Waals surface area contributed by atoms with Gasteiger partial charge < -0.3 is 14.5 Å². The van der Waals surface area contributed by atoms with E-state index in [4.69, 9.17) is 21.4 Å². The molecule has 1 aromatic heterocycles. The predicted octanol–water partition coefficient (Wildman–Crippen LogP) is 5.08. The molecule has 0 saturated carbocycles. The van der Waals surface area contributed by atoms with Crippen LogP contribution in [0.25, 0.3) is 22.6 Å². The second-order valence-corrected chi connectivity index (χ2v) is 7.15. The van der Waals surface area contributed by atoms with Crippen LogP contribution < -0.4 is 15.4 Å². The lowest BCUT2D eigenvalue weighted by atomic mass is 10.1. The fourth-order valence-electron chi connectivity index (χ4n) is 3.19. The van der Waals surface area contributed by atoms with Crippen molar-refractivity contribution in [3.63, 3.8) is 0 Å². The van der Waals surface area contributed by atoms with Crippen LogP contribution in [-0.2, 0) is 0 Å². The Hall–Kier alpha value is -3.78. The average Bonchev–Trinajstić information content (AvgIpc) is 3.16. The minimum Gasteiger partial charge on any atom is -0.496 e. The van der Waals surface area contributed by atoms with E-state index in [1.807, 2.05) is 13.0 Å². The fraction of sp³-hybridized carbons (Fsp3) is 0.0870. The van der Waals surface area contributed by atoms with Gasteiger partial charge in [0, 0.05) is 5.69 Å². The number of ether oxygens (including phenoxy) is 1. The largest absolute Gasteiger partial charge is 0.496 e. The summed E-state index contributed by atoms with van der Waals surface area (Å²) in [4.78, 5) is 17.0. The van der Waals surface area contributed by atoms with Crippen LogP contribution in [0.2, 0.25) is 0 Å². The zero-order chi connectivity index (χ0) is 22.0. The van der Waals surface area contributed by atoms with Gasteiger partial charge in [0.1, 0.15) is 17.1 Å². The van der Waals surface area contributed by atoms with Crippen LogP contribution in [0.15, 0.2) is 65.1 Å². The molecule has 0 unspecified atom stereocenters. The van der Waals surface area contributed by atoms with Gasteiger partial charge in [-0.15, -0.1) is 0 Å². The number of rotatable bonds is 4. The number of aryl methyl sites for hydroxylation is 1.